The summed E-state index contributed by atoms with van der Waals surface area (Å²) in [5.74, 6) is 0.623. The van der Waals surface area contributed by atoms with Gasteiger partial charge in [0.1, 0.15) is 0 Å². The van der Waals surface area contributed by atoms with Crippen LogP contribution in [0.4, 0.5) is 5.69 Å². The molecule has 1 saturated heterocycles. The second-order valence-electron chi connectivity index (χ2n) is 6.23. The number of nitrogens with one attached hydrogen (secondary N) is 1. The van der Waals surface area contributed by atoms with Crippen LogP contribution in [0.1, 0.15) is 18.4 Å². The highest BCUT2D eigenvalue weighted by molar-refractivity contribution is 6.30. The number of rotatable bonds is 4. The summed E-state index contributed by atoms with van der Waals surface area (Å²) in [6.45, 7) is 8.23. The molecule has 0 amide bonds. The lowest BCUT2D eigenvalue weighted by Gasteiger charge is -2.34. The molecule has 3 heteroatoms. The Hall–Kier alpha value is -1.51. The van der Waals surface area contributed by atoms with E-state index < -0.39 is 0 Å². The molecule has 1 aliphatic rings. The van der Waals surface area contributed by atoms with Crippen LogP contribution in [0.25, 0.3) is 0 Å². The first-order valence-electron chi connectivity index (χ1n) is 8.11. The molecule has 0 saturated carbocycles. The number of nitrogens with zero attached hydrogens (tertiary/aromatic N) is 1. The quantitative estimate of drug-likeness (QED) is 0.911. The Kier molecular flexibility index (Phi) is 5.01. The third-order valence-electron chi connectivity index (χ3n) is 4.63. The lowest BCUT2D eigenvalue weighted by atomic mass is 10.0. The summed E-state index contributed by atoms with van der Waals surface area (Å²) >= 11 is 5.97. The van der Waals surface area contributed by atoms with E-state index >= 15 is 0 Å². The number of anilines is 1. The molecule has 0 aromatic heterocycles. The zero-order chi connectivity index (χ0) is 15.4. The van der Waals surface area contributed by atoms with Gasteiger partial charge in [-0.05, 0) is 29.8 Å². The van der Waals surface area contributed by atoms with Crippen LogP contribution in [0.15, 0.2) is 54.6 Å². The molecule has 0 aliphatic carbocycles. The van der Waals surface area contributed by atoms with Gasteiger partial charge in [0.15, 0.2) is 0 Å². The maximum Gasteiger partial charge on any atom is 0.0949 e. The van der Waals surface area contributed by atoms with Gasteiger partial charge in [0.25, 0.3) is 0 Å². The van der Waals surface area contributed by atoms with E-state index in [0.717, 1.165) is 18.1 Å². The monoisotopic (exact) mass is 315 g/mol. The van der Waals surface area contributed by atoms with E-state index in [1.807, 2.05) is 12.1 Å². The molecule has 2 aromatic carbocycles. The minimum Gasteiger partial charge on any atom is -0.360 e. The molecule has 3 rings (SSSR count). The molecule has 116 valence electrons. The highest BCUT2D eigenvalue weighted by atomic mass is 35.5. The number of piperazine rings is 1. The molecule has 2 nitrogen and oxygen atoms in total. The van der Waals surface area contributed by atoms with Gasteiger partial charge >= 0.3 is 0 Å². The van der Waals surface area contributed by atoms with Crippen LogP contribution in [0.2, 0.25) is 5.02 Å². The normalized spacial score (nSPS) is 17.5. The van der Waals surface area contributed by atoms with Gasteiger partial charge in [-0.2, -0.15) is 0 Å². The smallest absolute Gasteiger partial charge is 0.0949 e. The number of halogens is 1. The summed E-state index contributed by atoms with van der Waals surface area (Å²) in [5, 5.41) is 0.810. The average Bonchev–Trinajstić information content (AvgIpc) is 2.57. The van der Waals surface area contributed by atoms with Crippen LogP contribution in [0.5, 0.6) is 0 Å². The molecule has 1 aliphatic heterocycles. The van der Waals surface area contributed by atoms with Crippen molar-refractivity contribution >= 4 is 17.3 Å². The van der Waals surface area contributed by atoms with Gasteiger partial charge in [-0.25, -0.2) is 0 Å². The van der Waals surface area contributed by atoms with Crippen molar-refractivity contribution in [2.75, 3.05) is 37.6 Å². The van der Waals surface area contributed by atoms with E-state index in [9.17, 15) is 0 Å². The topological polar surface area (TPSA) is 7.68 Å². The molecular formula is C19H24ClN2+. The van der Waals surface area contributed by atoms with E-state index in [4.69, 9.17) is 11.6 Å². The molecular weight excluding hydrogens is 292 g/mol. The summed E-state index contributed by atoms with van der Waals surface area (Å²) in [6.07, 6.45) is 0. The fraction of sp³-hybridized carbons (Fsp3) is 0.368. The van der Waals surface area contributed by atoms with E-state index in [2.05, 4.69) is 54.3 Å². The van der Waals surface area contributed by atoms with Crippen molar-refractivity contribution in [1.29, 1.82) is 0 Å². The standard InChI is InChI=1S/C19H23ClN2/c1-16(17-5-3-2-4-6-17)15-21-11-13-22(14-12-21)19-9-7-18(20)8-10-19/h2-10,16H,11-15H2,1H3/p+1/t16-/m0/s1. The fourth-order valence-electron chi connectivity index (χ4n) is 3.27. The van der Waals surface area contributed by atoms with Crippen molar-refractivity contribution in [1.82, 2.24) is 0 Å². The molecule has 22 heavy (non-hydrogen) atoms. The van der Waals surface area contributed by atoms with Crippen LogP contribution in [0.3, 0.4) is 0 Å². The Balaban J connectivity index is 1.52. The first-order valence-corrected chi connectivity index (χ1v) is 8.49. The molecule has 0 bridgehead atoms. The maximum atomic E-state index is 5.97. The molecule has 2 aromatic rings. The second kappa shape index (κ2) is 7.17. The molecule has 0 spiro atoms. The molecule has 1 fully saturated rings. The van der Waals surface area contributed by atoms with Crippen LogP contribution >= 0.6 is 11.6 Å². The SMILES string of the molecule is C[C@@H](C[NH+]1CCN(c2ccc(Cl)cc2)CC1)c1ccccc1. The van der Waals surface area contributed by atoms with Gasteiger partial charge in [0.05, 0.1) is 32.7 Å². The molecule has 1 heterocycles. The first kappa shape index (κ1) is 15.4. The summed E-state index contributed by atoms with van der Waals surface area (Å²) in [6, 6.07) is 19.1. The third-order valence-corrected chi connectivity index (χ3v) is 4.88. The van der Waals surface area contributed by atoms with Crippen molar-refractivity contribution in [3.63, 3.8) is 0 Å². The zero-order valence-corrected chi connectivity index (χ0v) is 13.9. The van der Waals surface area contributed by atoms with Crippen molar-refractivity contribution in [2.24, 2.45) is 0 Å². The third kappa shape index (κ3) is 3.82. The Morgan fingerprint density at radius 3 is 2.27 bits per heavy atom. The largest absolute Gasteiger partial charge is 0.360 e. The minimum atomic E-state index is 0.623. The fourth-order valence-corrected chi connectivity index (χ4v) is 3.40. The van der Waals surface area contributed by atoms with E-state index in [1.165, 1.54) is 30.9 Å². The lowest BCUT2D eigenvalue weighted by molar-refractivity contribution is -0.901. The number of hydrogen-bond donors (Lipinski definition) is 1. The second-order valence-corrected chi connectivity index (χ2v) is 6.67. The van der Waals surface area contributed by atoms with Gasteiger partial charge in [-0.3, -0.25) is 0 Å². The van der Waals surface area contributed by atoms with Gasteiger partial charge in [0.2, 0.25) is 0 Å². The van der Waals surface area contributed by atoms with Gasteiger partial charge in [0, 0.05) is 16.6 Å². The van der Waals surface area contributed by atoms with E-state index in [-0.39, 0.29) is 0 Å². The number of quaternary nitrogens is 1. The van der Waals surface area contributed by atoms with Crippen molar-refractivity contribution in [3.05, 3.63) is 65.2 Å². The van der Waals surface area contributed by atoms with Crippen LogP contribution < -0.4 is 9.80 Å². The predicted molar refractivity (Wildman–Crippen MR) is 94.1 cm³/mol. The van der Waals surface area contributed by atoms with Gasteiger partial charge < -0.3 is 9.80 Å². The molecule has 0 radical (unpaired) electrons. The Morgan fingerprint density at radius 2 is 1.64 bits per heavy atom. The van der Waals surface area contributed by atoms with Crippen molar-refractivity contribution in [2.45, 2.75) is 12.8 Å². The molecule has 0 unspecified atom stereocenters. The van der Waals surface area contributed by atoms with Gasteiger partial charge in [-0.1, -0.05) is 48.9 Å². The Bertz CT molecular complexity index is 574. The first-order chi connectivity index (χ1) is 10.7. The maximum absolute atomic E-state index is 5.97. The minimum absolute atomic E-state index is 0.623. The Morgan fingerprint density at radius 1 is 1.00 bits per heavy atom. The lowest BCUT2D eigenvalue weighted by Crippen LogP contribution is -3.15. The Labute approximate surface area is 138 Å². The average molecular weight is 316 g/mol. The van der Waals surface area contributed by atoms with Crippen LogP contribution in [-0.2, 0) is 0 Å². The number of hydrogen-bond acceptors (Lipinski definition) is 1. The highest BCUT2D eigenvalue weighted by Crippen LogP contribution is 2.18. The van der Waals surface area contributed by atoms with E-state index in [1.54, 1.807) is 4.90 Å². The van der Waals surface area contributed by atoms with Crippen molar-refractivity contribution < 1.29 is 4.90 Å². The summed E-state index contributed by atoms with van der Waals surface area (Å²) in [5.41, 5.74) is 2.75. The number of benzene rings is 2. The molecule has 1 atom stereocenters. The highest BCUT2D eigenvalue weighted by Gasteiger charge is 2.22. The molecule has 1 N–H and O–H groups in total. The predicted octanol–water partition coefficient (Wildman–Crippen LogP) is 2.85. The summed E-state index contributed by atoms with van der Waals surface area (Å²) in [4.78, 5) is 4.18. The van der Waals surface area contributed by atoms with Crippen LogP contribution in [-0.4, -0.2) is 32.7 Å². The summed E-state index contributed by atoms with van der Waals surface area (Å²) in [7, 11) is 0. The zero-order valence-electron chi connectivity index (χ0n) is 13.1. The van der Waals surface area contributed by atoms with Gasteiger partial charge in [-0.15, -0.1) is 0 Å². The summed E-state index contributed by atoms with van der Waals surface area (Å²) < 4.78 is 0. The van der Waals surface area contributed by atoms with Crippen LogP contribution in [0, 0.1) is 0 Å². The van der Waals surface area contributed by atoms with Crippen molar-refractivity contribution in [3.8, 4) is 0 Å². The van der Waals surface area contributed by atoms with E-state index in [0.29, 0.717) is 5.92 Å².